The van der Waals surface area contributed by atoms with E-state index in [2.05, 4.69) is 11.4 Å². The van der Waals surface area contributed by atoms with E-state index in [-0.39, 0.29) is 24.4 Å². The van der Waals surface area contributed by atoms with Crippen molar-refractivity contribution < 1.29 is 14.3 Å². The summed E-state index contributed by atoms with van der Waals surface area (Å²) < 4.78 is 5.19. The zero-order valence-electron chi connectivity index (χ0n) is 18.2. The van der Waals surface area contributed by atoms with Crippen LogP contribution in [0.3, 0.4) is 0 Å². The highest BCUT2D eigenvalue weighted by Crippen LogP contribution is 2.38. The van der Waals surface area contributed by atoms with E-state index in [4.69, 9.17) is 27.9 Å². The van der Waals surface area contributed by atoms with Crippen LogP contribution in [0.5, 0.6) is 0 Å². The van der Waals surface area contributed by atoms with Crippen molar-refractivity contribution in [1.82, 2.24) is 9.80 Å². The zero-order valence-corrected chi connectivity index (χ0v) is 20.5. The van der Waals surface area contributed by atoms with Crippen LogP contribution in [-0.4, -0.2) is 55.0 Å². The number of nitrogens with zero attached hydrogens (tertiary/aromatic N) is 2. The largest absolute Gasteiger partial charge is 0.383 e. The Bertz CT molecular complexity index is 1120. The van der Waals surface area contributed by atoms with Crippen molar-refractivity contribution in [2.45, 2.75) is 12.5 Å². The Kier molecular flexibility index (Phi) is 7.71. The molecule has 0 spiro atoms. The molecule has 0 bridgehead atoms. The predicted molar refractivity (Wildman–Crippen MR) is 132 cm³/mol. The van der Waals surface area contributed by atoms with Gasteiger partial charge in [0, 0.05) is 40.7 Å². The molecule has 3 aromatic rings. The Balaban J connectivity index is 1.60. The third-order valence-corrected chi connectivity index (χ3v) is 7.24. The number of halogens is 2. The SMILES string of the molecule is COCCN(CC(=O)N1CCc2sccc2C1c1ccc(Cl)cc1)C(=O)c1ccc(Cl)cc1. The molecule has 172 valence electrons. The molecule has 0 fully saturated rings. The lowest BCUT2D eigenvalue weighted by atomic mass is 9.93. The number of rotatable bonds is 7. The number of thiophene rings is 1. The molecule has 1 atom stereocenters. The zero-order chi connectivity index (χ0) is 23.4. The number of carbonyl (C=O) groups excluding carboxylic acids is 2. The van der Waals surface area contributed by atoms with Crippen molar-refractivity contribution in [2.24, 2.45) is 0 Å². The van der Waals surface area contributed by atoms with Gasteiger partial charge in [0.1, 0.15) is 6.54 Å². The first-order valence-corrected chi connectivity index (χ1v) is 12.3. The standard InChI is InChI=1S/C25H24Cl2N2O3S/c1-32-14-13-28(25(31)18-4-8-20(27)9-5-18)16-23(30)29-12-10-22-21(11-15-33-22)24(29)17-2-6-19(26)7-3-17/h2-9,11,15,24H,10,12-14,16H2,1H3. The van der Waals surface area contributed by atoms with Crippen molar-refractivity contribution in [3.8, 4) is 0 Å². The topological polar surface area (TPSA) is 49.9 Å². The minimum atomic E-state index is -0.228. The normalized spacial score (nSPS) is 15.2. The molecule has 2 amide bonds. The summed E-state index contributed by atoms with van der Waals surface area (Å²) >= 11 is 13.8. The van der Waals surface area contributed by atoms with Crippen molar-refractivity contribution in [3.63, 3.8) is 0 Å². The lowest BCUT2D eigenvalue weighted by molar-refractivity contribution is -0.134. The molecule has 1 aromatic heterocycles. The van der Waals surface area contributed by atoms with Gasteiger partial charge < -0.3 is 14.5 Å². The Morgan fingerprint density at radius 1 is 1.06 bits per heavy atom. The van der Waals surface area contributed by atoms with Gasteiger partial charge in [-0.05, 0) is 65.4 Å². The average Bonchev–Trinajstić information content (AvgIpc) is 3.30. The van der Waals surface area contributed by atoms with Gasteiger partial charge in [-0.1, -0.05) is 35.3 Å². The van der Waals surface area contributed by atoms with Gasteiger partial charge in [-0.3, -0.25) is 9.59 Å². The first kappa shape index (κ1) is 23.8. The maximum atomic E-state index is 13.6. The number of amides is 2. The average molecular weight is 503 g/mol. The second-order valence-electron chi connectivity index (χ2n) is 7.82. The first-order chi connectivity index (χ1) is 16.0. The van der Waals surface area contributed by atoms with E-state index in [9.17, 15) is 9.59 Å². The van der Waals surface area contributed by atoms with E-state index in [1.54, 1.807) is 42.7 Å². The number of hydrogen-bond acceptors (Lipinski definition) is 4. The number of carbonyl (C=O) groups is 2. The van der Waals surface area contributed by atoms with Crippen LogP contribution in [-0.2, 0) is 16.0 Å². The molecule has 0 radical (unpaired) electrons. The van der Waals surface area contributed by atoms with E-state index in [1.807, 2.05) is 29.2 Å². The first-order valence-electron chi connectivity index (χ1n) is 10.6. The molecule has 4 rings (SSSR count). The van der Waals surface area contributed by atoms with E-state index < -0.39 is 0 Å². The maximum absolute atomic E-state index is 13.6. The molecule has 5 nitrogen and oxygen atoms in total. The maximum Gasteiger partial charge on any atom is 0.254 e. The second-order valence-corrected chi connectivity index (χ2v) is 9.69. The molecule has 0 saturated carbocycles. The predicted octanol–water partition coefficient (Wildman–Crippen LogP) is 5.32. The van der Waals surface area contributed by atoms with Crippen LogP contribution in [0.1, 0.15) is 32.4 Å². The molecular weight excluding hydrogens is 479 g/mol. The molecule has 33 heavy (non-hydrogen) atoms. The summed E-state index contributed by atoms with van der Waals surface area (Å²) in [5.41, 5.74) is 2.62. The lowest BCUT2D eigenvalue weighted by Crippen LogP contribution is -2.47. The fourth-order valence-corrected chi connectivity index (χ4v) is 5.23. The highest BCUT2D eigenvalue weighted by atomic mass is 35.5. The van der Waals surface area contributed by atoms with E-state index in [1.165, 1.54) is 9.78 Å². The van der Waals surface area contributed by atoms with Crippen molar-refractivity contribution in [2.75, 3.05) is 33.4 Å². The third kappa shape index (κ3) is 5.41. The van der Waals surface area contributed by atoms with Crippen LogP contribution >= 0.6 is 34.5 Å². The number of benzene rings is 2. The summed E-state index contributed by atoms with van der Waals surface area (Å²) in [5.74, 6) is -0.335. The second kappa shape index (κ2) is 10.7. The third-order valence-electron chi connectivity index (χ3n) is 5.74. The summed E-state index contributed by atoms with van der Waals surface area (Å²) in [6.07, 6.45) is 0.798. The van der Waals surface area contributed by atoms with Gasteiger partial charge in [-0.15, -0.1) is 11.3 Å². The summed E-state index contributed by atoms with van der Waals surface area (Å²) in [5, 5.41) is 3.27. The highest BCUT2D eigenvalue weighted by molar-refractivity contribution is 7.10. The van der Waals surface area contributed by atoms with Crippen molar-refractivity contribution in [3.05, 3.63) is 91.6 Å². The molecule has 1 aliphatic heterocycles. The van der Waals surface area contributed by atoms with E-state index in [0.717, 1.165) is 17.5 Å². The Morgan fingerprint density at radius 2 is 1.73 bits per heavy atom. The Morgan fingerprint density at radius 3 is 2.39 bits per heavy atom. The molecule has 1 unspecified atom stereocenters. The number of hydrogen-bond donors (Lipinski definition) is 0. The molecule has 0 saturated heterocycles. The van der Waals surface area contributed by atoms with Crippen LogP contribution in [0.4, 0.5) is 0 Å². The van der Waals surface area contributed by atoms with Gasteiger partial charge in [0.15, 0.2) is 0 Å². The fraction of sp³-hybridized carbons (Fsp3) is 0.280. The van der Waals surface area contributed by atoms with Crippen LogP contribution in [0.15, 0.2) is 60.0 Å². The van der Waals surface area contributed by atoms with Crippen LogP contribution < -0.4 is 0 Å². The van der Waals surface area contributed by atoms with Gasteiger partial charge in [0.05, 0.1) is 12.6 Å². The number of methoxy groups -OCH3 is 1. The lowest BCUT2D eigenvalue weighted by Gasteiger charge is -2.37. The minimum absolute atomic E-state index is 0.0334. The van der Waals surface area contributed by atoms with E-state index in [0.29, 0.717) is 35.3 Å². The van der Waals surface area contributed by atoms with Gasteiger partial charge in [-0.25, -0.2) is 0 Å². The fourth-order valence-electron chi connectivity index (χ4n) is 4.07. The van der Waals surface area contributed by atoms with Gasteiger partial charge in [0.25, 0.3) is 5.91 Å². The molecule has 0 aliphatic carbocycles. The summed E-state index contributed by atoms with van der Waals surface area (Å²) in [4.78, 5) is 31.5. The van der Waals surface area contributed by atoms with Crippen LogP contribution in [0.25, 0.3) is 0 Å². The minimum Gasteiger partial charge on any atom is -0.383 e. The van der Waals surface area contributed by atoms with Gasteiger partial charge >= 0.3 is 0 Å². The van der Waals surface area contributed by atoms with Crippen LogP contribution in [0.2, 0.25) is 10.0 Å². The van der Waals surface area contributed by atoms with Crippen molar-refractivity contribution >= 4 is 46.4 Å². The number of ether oxygens (including phenoxy) is 1. The quantitative estimate of drug-likeness (QED) is 0.439. The summed E-state index contributed by atoms with van der Waals surface area (Å²) in [6, 6.07) is 16.2. The Labute approximate surface area is 207 Å². The van der Waals surface area contributed by atoms with Crippen molar-refractivity contribution in [1.29, 1.82) is 0 Å². The summed E-state index contributed by atoms with van der Waals surface area (Å²) in [7, 11) is 1.58. The smallest absolute Gasteiger partial charge is 0.254 e. The highest BCUT2D eigenvalue weighted by Gasteiger charge is 2.34. The van der Waals surface area contributed by atoms with Crippen LogP contribution in [0, 0.1) is 0 Å². The number of fused-ring (bicyclic) bond motifs is 1. The summed E-state index contributed by atoms with van der Waals surface area (Å²) in [6.45, 7) is 1.20. The molecule has 0 N–H and O–H groups in total. The Hall–Kier alpha value is -2.38. The molecule has 1 aliphatic rings. The molecule has 2 aromatic carbocycles. The van der Waals surface area contributed by atoms with Gasteiger partial charge in [-0.2, -0.15) is 0 Å². The monoisotopic (exact) mass is 502 g/mol. The molecule has 8 heteroatoms. The molecular formula is C25H24Cl2N2O3S. The van der Waals surface area contributed by atoms with Gasteiger partial charge in [0.2, 0.25) is 5.91 Å². The molecule has 2 heterocycles. The van der Waals surface area contributed by atoms with E-state index >= 15 is 0 Å².